The van der Waals surface area contributed by atoms with E-state index in [1.807, 2.05) is 21.1 Å². The molecule has 59 heavy (non-hydrogen) atoms. The van der Waals surface area contributed by atoms with Crippen molar-refractivity contribution in [3.8, 4) is 0 Å². The maximum atomic E-state index is 12.7. The lowest BCUT2D eigenvalue weighted by atomic mass is 10.0. The van der Waals surface area contributed by atoms with Gasteiger partial charge in [-0.25, -0.2) is 0 Å². The number of allylic oxidation sites excluding steroid dienone is 4. The van der Waals surface area contributed by atoms with E-state index in [2.05, 4.69) is 38.2 Å². The Hall–Kier alpha value is -1.51. The summed E-state index contributed by atoms with van der Waals surface area (Å²) in [4.78, 5) is 37.6. The van der Waals surface area contributed by atoms with Gasteiger partial charge in [-0.1, -0.05) is 199 Å². The molecule has 0 saturated carbocycles. The molecule has 0 radical (unpaired) electrons. The predicted molar refractivity (Wildman–Crippen MR) is 245 cm³/mol. The largest absolute Gasteiger partial charge is 0.756 e. The maximum Gasteiger partial charge on any atom is 0.306 e. The number of hydrogen-bond donors (Lipinski definition) is 0. The number of phosphoric ester groups is 1. The number of likely N-dealkylation sites (N-methyl/N-ethyl adjacent to an activating group) is 1. The Labute approximate surface area is 364 Å². The summed E-state index contributed by atoms with van der Waals surface area (Å²) in [6, 6.07) is 0. The molecule has 0 heterocycles. The molecule has 0 saturated heterocycles. The van der Waals surface area contributed by atoms with E-state index < -0.39 is 26.5 Å². The smallest absolute Gasteiger partial charge is 0.306 e. The van der Waals surface area contributed by atoms with Crippen LogP contribution in [0.2, 0.25) is 0 Å². The Balaban J connectivity index is 4.22. The molecule has 2 atom stereocenters. The standard InChI is InChI=1S/C49H94NO8P/c1-6-8-10-12-14-16-18-20-22-23-24-25-26-27-28-30-31-33-35-37-39-41-48(51)55-45-47(46-57-59(53,54)56-44-43-50(3,4)5)58-49(52)42-40-38-36-34-32-29-21-19-17-15-13-11-9-7-2/h13,15,19,21,47H,6-12,14,16-18,20,22-46H2,1-5H3/b15-13+,21-19+/t47-/m0/s1. The van der Waals surface area contributed by atoms with Gasteiger partial charge < -0.3 is 27.9 Å². The first-order chi connectivity index (χ1) is 28.5. The van der Waals surface area contributed by atoms with E-state index in [0.717, 1.165) is 64.2 Å². The number of carbonyl (C=O) groups is 2. The van der Waals surface area contributed by atoms with Crippen molar-refractivity contribution in [2.45, 2.75) is 232 Å². The molecule has 348 valence electrons. The fourth-order valence-corrected chi connectivity index (χ4v) is 7.58. The third-order valence-electron chi connectivity index (χ3n) is 10.7. The molecule has 10 heteroatoms. The molecule has 0 bridgehead atoms. The van der Waals surface area contributed by atoms with Crippen LogP contribution in [0.5, 0.6) is 0 Å². The molecule has 9 nitrogen and oxygen atoms in total. The van der Waals surface area contributed by atoms with Gasteiger partial charge in [0.05, 0.1) is 27.7 Å². The van der Waals surface area contributed by atoms with Gasteiger partial charge in [-0.15, -0.1) is 0 Å². The van der Waals surface area contributed by atoms with Crippen LogP contribution in [0.15, 0.2) is 24.3 Å². The summed E-state index contributed by atoms with van der Waals surface area (Å²) < 4.78 is 34.0. The average molecular weight is 856 g/mol. The van der Waals surface area contributed by atoms with E-state index in [1.165, 1.54) is 128 Å². The Morgan fingerprint density at radius 2 is 0.932 bits per heavy atom. The normalized spacial score (nSPS) is 13.7. The third kappa shape index (κ3) is 45.8. The van der Waals surface area contributed by atoms with E-state index in [4.69, 9.17) is 18.5 Å². The lowest BCUT2D eigenvalue weighted by molar-refractivity contribution is -0.870. The molecule has 0 aliphatic carbocycles. The number of quaternary nitrogens is 1. The number of hydrogen-bond acceptors (Lipinski definition) is 8. The van der Waals surface area contributed by atoms with Crippen molar-refractivity contribution in [3.05, 3.63) is 24.3 Å². The Kier molecular flexibility index (Phi) is 40.8. The summed E-state index contributed by atoms with van der Waals surface area (Å²) in [5.41, 5.74) is 0. The molecule has 0 aliphatic heterocycles. The van der Waals surface area contributed by atoms with Gasteiger partial charge in [0.25, 0.3) is 7.82 Å². The third-order valence-corrected chi connectivity index (χ3v) is 11.7. The van der Waals surface area contributed by atoms with Gasteiger partial charge >= 0.3 is 11.9 Å². The lowest BCUT2D eigenvalue weighted by Crippen LogP contribution is -2.37. The van der Waals surface area contributed by atoms with Gasteiger partial charge in [0, 0.05) is 12.8 Å². The number of nitrogens with zero attached hydrogens (tertiary/aromatic N) is 1. The molecule has 0 aromatic carbocycles. The highest BCUT2D eigenvalue weighted by molar-refractivity contribution is 7.45. The van der Waals surface area contributed by atoms with Crippen LogP contribution >= 0.6 is 7.82 Å². The number of ether oxygens (including phenoxy) is 2. The highest BCUT2D eigenvalue weighted by Crippen LogP contribution is 2.38. The fraction of sp³-hybridized carbons (Fsp3) is 0.878. The van der Waals surface area contributed by atoms with E-state index >= 15 is 0 Å². The first-order valence-electron chi connectivity index (χ1n) is 24.5. The van der Waals surface area contributed by atoms with Crippen molar-refractivity contribution in [2.24, 2.45) is 0 Å². The van der Waals surface area contributed by atoms with Crippen molar-refractivity contribution >= 4 is 19.8 Å². The molecular weight excluding hydrogens is 762 g/mol. The molecule has 0 amide bonds. The zero-order valence-corrected chi connectivity index (χ0v) is 40.1. The van der Waals surface area contributed by atoms with E-state index in [-0.39, 0.29) is 32.0 Å². The molecule has 0 aromatic rings. The Morgan fingerprint density at radius 3 is 1.39 bits per heavy atom. The highest BCUT2D eigenvalue weighted by Gasteiger charge is 2.21. The first-order valence-corrected chi connectivity index (χ1v) is 26.0. The van der Waals surface area contributed by atoms with Crippen LogP contribution in [-0.4, -0.2) is 70.0 Å². The van der Waals surface area contributed by atoms with Gasteiger partial charge in [0.1, 0.15) is 19.8 Å². The fourth-order valence-electron chi connectivity index (χ4n) is 6.85. The van der Waals surface area contributed by atoms with Crippen LogP contribution < -0.4 is 4.89 Å². The maximum absolute atomic E-state index is 12.7. The Bertz CT molecular complexity index is 1060. The van der Waals surface area contributed by atoms with E-state index in [1.54, 1.807) is 0 Å². The van der Waals surface area contributed by atoms with Gasteiger partial charge in [-0.05, 0) is 38.5 Å². The lowest BCUT2D eigenvalue weighted by Gasteiger charge is -2.28. The number of esters is 2. The SMILES string of the molecule is CCCC/C=C/C/C=C/CCCCCCCC(=O)O[C@@H](COC(=O)CCCCCCCCCCCCCCCCCCCCCCC)COP(=O)([O-])OCC[N+](C)(C)C. The number of carbonyl (C=O) groups excluding carboxylic acids is 2. The number of rotatable bonds is 45. The average Bonchev–Trinajstić information content (AvgIpc) is 3.19. The molecule has 0 fully saturated rings. The van der Waals surface area contributed by atoms with Gasteiger partial charge in [0.15, 0.2) is 6.10 Å². The van der Waals surface area contributed by atoms with E-state index in [9.17, 15) is 19.0 Å². The number of phosphoric acid groups is 1. The molecule has 0 rings (SSSR count). The second-order valence-corrected chi connectivity index (χ2v) is 19.2. The summed E-state index contributed by atoms with van der Waals surface area (Å²) in [5, 5.41) is 0. The quantitative estimate of drug-likeness (QED) is 0.0196. The van der Waals surface area contributed by atoms with Crippen LogP contribution in [0.25, 0.3) is 0 Å². The van der Waals surface area contributed by atoms with Gasteiger partial charge in [0.2, 0.25) is 0 Å². The second-order valence-electron chi connectivity index (χ2n) is 17.8. The molecule has 0 spiro atoms. The molecule has 0 aromatic heterocycles. The van der Waals surface area contributed by atoms with Crippen LogP contribution in [-0.2, 0) is 32.7 Å². The van der Waals surface area contributed by atoms with Crippen molar-refractivity contribution in [1.82, 2.24) is 0 Å². The molecule has 1 unspecified atom stereocenters. The monoisotopic (exact) mass is 856 g/mol. The predicted octanol–water partition coefficient (Wildman–Crippen LogP) is 13.7. The molecular formula is C49H94NO8P. The second kappa shape index (κ2) is 41.8. The summed E-state index contributed by atoms with van der Waals surface area (Å²) in [5.74, 6) is -0.841. The van der Waals surface area contributed by atoms with Crippen molar-refractivity contribution < 1.29 is 42.1 Å². The zero-order chi connectivity index (χ0) is 43.6. The van der Waals surface area contributed by atoms with Crippen LogP contribution in [0.4, 0.5) is 0 Å². The Morgan fingerprint density at radius 1 is 0.525 bits per heavy atom. The molecule has 0 N–H and O–H groups in total. The summed E-state index contributed by atoms with van der Waals surface area (Å²) in [6.07, 6.45) is 46.4. The zero-order valence-electron chi connectivity index (χ0n) is 39.2. The summed E-state index contributed by atoms with van der Waals surface area (Å²) in [6.45, 7) is 4.20. The van der Waals surface area contributed by atoms with Gasteiger partial charge in [-0.3, -0.25) is 14.2 Å². The van der Waals surface area contributed by atoms with Gasteiger partial charge in [-0.2, -0.15) is 0 Å². The first kappa shape index (κ1) is 57.5. The minimum Gasteiger partial charge on any atom is -0.756 e. The minimum atomic E-state index is -4.63. The summed E-state index contributed by atoms with van der Waals surface area (Å²) >= 11 is 0. The number of unbranched alkanes of at least 4 members (excludes halogenated alkanes) is 27. The van der Waals surface area contributed by atoms with Crippen LogP contribution in [0.3, 0.4) is 0 Å². The van der Waals surface area contributed by atoms with Crippen LogP contribution in [0, 0.1) is 0 Å². The highest BCUT2D eigenvalue weighted by atomic mass is 31.2. The molecule has 0 aliphatic rings. The summed E-state index contributed by atoms with van der Waals surface area (Å²) in [7, 11) is 1.16. The van der Waals surface area contributed by atoms with Crippen molar-refractivity contribution in [2.75, 3.05) is 47.5 Å². The van der Waals surface area contributed by atoms with Crippen molar-refractivity contribution in [3.63, 3.8) is 0 Å². The topological polar surface area (TPSA) is 111 Å². The van der Waals surface area contributed by atoms with Crippen molar-refractivity contribution in [1.29, 1.82) is 0 Å². The van der Waals surface area contributed by atoms with E-state index in [0.29, 0.717) is 17.4 Å². The minimum absolute atomic E-state index is 0.0318. The van der Waals surface area contributed by atoms with Crippen LogP contribution in [0.1, 0.15) is 226 Å².